The van der Waals surface area contributed by atoms with Crippen LogP contribution in [0.1, 0.15) is 63.0 Å². The Hall–Kier alpha value is -2.22. The van der Waals surface area contributed by atoms with E-state index in [1.165, 1.54) is 24.2 Å². The predicted octanol–water partition coefficient (Wildman–Crippen LogP) is 2.33. The number of hydrogen-bond donors (Lipinski definition) is 0. The first kappa shape index (κ1) is 20.1. The van der Waals surface area contributed by atoms with Gasteiger partial charge < -0.3 is 4.90 Å². The van der Waals surface area contributed by atoms with Gasteiger partial charge in [0.15, 0.2) is 0 Å². The van der Waals surface area contributed by atoms with Gasteiger partial charge in [-0.25, -0.2) is 13.9 Å². The Morgan fingerprint density at radius 1 is 1.14 bits per heavy atom. The summed E-state index contributed by atoms with van der Waals surface area (Å²) in [6.45, 7) is 11.7. The van der Waals surface area contributed by atoms with E-state index in [0.29, 0.717) is 12.4 Å². The lowest BCUT2D eigenvalue weighted by atomic mass is 10.1. The predicted molar refractivity (Wildman–Crippen MR) is 110 cm³/mol. The lowest BCUT2D eigenvalue weighted by Crippen LogP contribution is -2.64. The number of fused-ring (bicyclic) bond motifs is 3. The van der Waals surface area contributed by atoms with Crippen molar-refractivity contribution < 1.29 is 14.2 Å². The Morgan fingerprint density at radius 2 is 1.83 bits per heavy atom. The molecule has 4 heterocycles. The zero-order chi connectivity index (χ0) is 20.9. The molecule has 2 unspecified atom stereocenters. The number of rotatable bonds is 5. The van der Waals surface area contributed by atoms with Crippen LogP contribution in [-0.2, 0) is 4.79 Å². The van der Waals surface area contributed by atoms with Crippen molar-refractivity contribution in [2.75, 3.05) is 33.2 Å². The number of carbonyl (C=O) groups is 2. The van der Waals surface area contributed by atoms with Crippen LogP contribution < -0.4 is 4.57 Å². The van der Waals surface area contributed by atoms with Crippen LogP contribution in [0, 0.1) is 13.8 Å². The number of imidazole rings is 1. The number of nitrogens with zero attached hydrogens (tertiary/aromatic N) is 6. The van der Waals surface area contributed by atoms with Crippen LogP contribution in [0.25, 0.3) is 0 Å². The van der Waals surface area contributed by atoms with Crippen molar-refractivity contribution in [1.82, 2.24) is 19.3 Å². The van der Waals surface area contributed by atoms with Gasteiger partial charge in [-0.2, -0.15) is 0 Å². The van der Waals surface area contributed by atoms with Gasteiger partial charge in [-0.15, -0.1) is 0 Å². The van der Waals surface area contributed by atoms with Crippen LogP contribution in [0.5, 0.6) is 0 Å². The maximum absolute atomic E-state index is 13.5. The third kappa shape index (κ3) is 3.08. The van der Waals surface area contributed by atoms with Crippen LogP contribution in [-0.4, -0.2) is 70.3 Å². The molecule has 0 N–H and O–H groups in total. The van der Waals surface area contributed by atoms with Crippen molar-refractivity contribution in [3.63, 3.8) is 0 Å². The van der Waals surface area contributed by atoms with Gasteiger partial charge in [-0.3, -0.25) is 14.6 Å². The molecule has 3 aliphatic heterocycles. The summed E-state index contributed by atoms with van der Waals surface area (Å²) in [7, 11) is 1.73. The summed E-state index contributed by atoms with van der Waals surface area (Å²) < 4.78 is 4.22. The highest BCUT2D eigenvalue weighted by molar-refractivity contribution is 6.19. The number of aliphatic imine (C=N–C) groups is 1. The number of likely N-dealkylation sites (N-methyl/N-ethyl adjacent to an activating group) is 1. The minimum absolute atomic E-state index is 0.156. The largest absolute Gasteiger partial charge is 0.402 e. The summed E-state index contributed by atoms with van der Waals surface area (Å²) in [5.41, 5.74) is 2.17. The molecule has 0 aliphatic carbocycles. The number of hydrogen-bond acceptors (Lipinski definition) is 4. The van der Waals surface area contributed by atoms with E-state index in [1.54, 1.807) is 11.9 Å². The molecule has 29 heavy (non-hydrogen) atoms. The Labute approximate surface area is 172 Å². The number of aromatic nitrogens is 2. The van der Waals surface area contributed by atoms with Crippen LogP contribution in [0.15, 0.2) is 4.99 Å². The third-order valence-electron chi connectivity index (χ3n) is 6.88. The molecule has 158 valence electrons. The van der Waals surface area contributed by atoms with Gasteiger partial charge in [0.25, 0.3) is 5.91 Å². The van der Waals surface area contributed by atoms with Crippen molar-refractivity contribution >= 4 is 23.7 Å². The summed E-state index contributed by atoms with van der Waals surface area (Å²) in [6.07, 6.45) is 4.64. The topological polar surface area (TPSA) is 65.0 Å². The molecule has 0 radical (unpaired) electrons. The lowest BCUT2D eigenvalue weighted by Gasteiger charge is -2.35. The SMILES string of the molecule is CCC(C)n1c(C)c(C)[n+]2c1N=C1C2C(=O)N(CCN2CCCCC2)C(=O)N1C. The summed E-state index contributed by atoms with van der Waals surface area (Å²) in [5, 5.41) is 0. The Bertz CT molecular complexity index is 867. The van der Waals surface area contributed by atoms with E-state index in [2.05, 4.69) is 30.2 Å². The molecule has 3 aliphatic rings. The maximum atomic E-state index is 13.5. The molecule has 4 rings (SSSR count). The number of urea groups is 1. The van der Waals surface area contributed by atoms with Crippen LogP contribution in [0.3, 0.4) is 0 Å². The molecule has 1 aromatic rings. The normalized spacial score (nSPS) is 23.3. The number of piperidine rings is 1. The zero-order valence-electron chi connectivity index (χ0n) is 18.3. The average Bonchev–Trinajstić information content (AvgIpc) is 3.22. The fraction of sp³-hybridized carbons (Fsp3) is 0.714. The molecule has 0 bridgehead atoms. The van der Waals surface area contributed by atoms with Crippen LogP contribution >= 0.6 is 0 Å². The number of amides is 3. The van der Waals surface area contributed by atoms with Gasteiger partial charge in [0.1, 0.15) is 11.4 Å². The molecule has 0 aromatic carbocycles. The summed E-state index contributed by atoms with van der Waals surface area (Å²) in [6, 6.07) is -0.531. The fourth-order valence-electron chi connectivity index (χ4n) is 4.80. The van der Waals surface area contributed by atoms with Crippen molar-refractivity contribution in [2.45, 2.75) is 65.5 Å². The second kappa shape index (κ2) is 7.55. The third-order valence-corrected chi connectivity index (χ3v) is 6.88. The van der Waals surface area contributed by atoms with Gasteiger partial charge in [0.2, 0.25) is 11.9 Å². The van der Waals surface area contributed by atoms with E-state index in [9.17, 15) is 9.59 Å². The van der Waals surface area contributed by atoms with Crippen molar-refractivity contribution in [3.05, 3.63) is 11.4 Å². The Kier molecular flexibility index (Phi) is 5.23. The van der Waals surface area contributed by atoms with Gasteiger partial charge in [-0.1, -0.05) is 18.3 Å². The molecule has 8 nitrogen and oxygen atoms in total. The molecule has 1 aromatic heterocycles. The highest BCUT2D eigenvalue weighted by atomic mass is 16.2. The smallest absolute Gasteiger partial charge is 0.302 e. The summed E-state index contributed by atoms with van der Waals surface area (Å²) in [5.74, 6) is 1.17. The van der Waals surface area contributed by atoms with Crippen LogP contribution in [0.4, 0.5) is 10.7 Å². The molecular formula is C21H33N6O2+. The maximum Gasteiger partial charge on any atom is 0.402 e. The molecule has 3 amide bonds. The lowest BCUT2D eigenvalue weighted by molar-refractivity contribution is -0.683. The van der Waals surface area contributed by atoms with E-state index >= 15 is 0 Å². The molecule has 2 atom stereocenters. The van der Waals surface area contributed by atoms with Crippen molar-refractivity contribution in [3.8, 4) is 0 Å². The number of amidine groups is 1. The minimum Gasteiger partial charge on any atom is -0.302 e. The quantitative estimate of drug-likeness (QED) is 0.712. The molecular weight excluding hydrogens is 368 g/mol. The fourth-order valence-corrected chi connectivity index (χ4v) is 4.80. The second-order valence-electron chi connectivity index (χ2n) is 8.57. The minimum atomic E-state index is -0.543. The van der Waals surface area contributed by atoms with Gasteiger partial charge >= 0.3 is 12.0 Å². The van der Waals surface area contributed by atoms with E-state index in [-0.39, 0.29) is 18.0 Å². The van der Waals surface area contributed by atoms with Crippen molar-refractivity contribution in [2.24, 2.45) is 4.99 Å². The van der Waals surface area contributed by atoms with E-state index in [4.69, 9.17) is 4.99 Å². The second-order valence-corrected chi connectivity index (χ2v) is 8.57. The van der Waals surface area contributed by atoms with E-state index in [1.807, 2.05) is 11.5 Å². The number of carbonyl (C=O) groups excluding carboxylic acids is 2. The number of likely N-dealkylation sites (tertiary alicyclic amines) is 1. The number of imide groups is 1. The molecule has 0 spiro atoms. The van der Waals surface area contributed by atoms with Gasteiger partial charge in [0.05, 0.1) is 6.04 Å². The molecule has 8 heteroatoms. The van der Waals surface area contributed by atoms with Crippen molar-refractivity contribution in [1.29, 1.82) is 0 Å². The molecule has 2 saturated heterocycles. The highest BCUT2D eigenvalue weighted by Crippen LogP contribution is 2.33. The Morgan fingerprint density at radius 3 is 2.48 bits per heavy atom. The van der Waals surface area contributed by atoms with E-state index < -0.39 is 6.04 Å². The first-order chi connectivity index (χ1) is 13.9. The van der Waals surface area contributed by atoms with Gasteiger partial charge in [0, 0.05) is 20.1 Å². The standard InChI is InChI=1S/C21H33N6O2/c1-6-14(2)26-15(3)16(4)27-17-18(22-20(26)27)23(5)21(29)25(19(17)28)13-12-24-10-8-7-9-11-24/h14,17H,6-13H2,1-5H3/q+1. The van der Waals surface area contributed by atoms with Crippen LogP contribution in [0.2, 0.25) is 0 Å². The molecule has 0 saturated carbocycles. The summed E-state index contributed by atoms with van der Waals surface area (Å²) in [4.78, 5) is 36.6. The first-order valence-corrected chi connectivity index (χ1v) is 10.9. The van der Waals surface area contributed by atoms with E-state index in [0.717, 1.165) is 43.4 Å². The summed E-state index contributed by atoms with van der Waals surface area (Å²) >= 11 is 0. The first-order valence-electron chi connectivity index (χ1n) is 10.9. The highest BCUT2D eigenvalue weighted by Gasteiger charge is 2.54. The molecule has 2 fully saturated rings. The Balaban J connectivity index is 1.65. The van der Waals surface area contributed by atoms with Gasteiger partial charge in [-0.05, 0) is 53.1 Å². The monoisotopic (exact) mass is 401 g/mol. The zero-order valence-corrected chi connectivity index (χ0v) is 18.3. The average molecular weight is 402 g/mol.